The first-order valence-electron chi connectivity index (χ1n) is 10.5. The van der Waals surface area contributed by atoms with Crippen molar-refractivity contribution < 1.29 is 14.6 Å². The maximum atomic E-state index is 10.3. The van der Waals surface area contributed by atoms with Gasteiger partial charge < -0.3 is 14.6 Å². The number of aryl methyl sites for hydroxylation is 2. The minimum Gasteiger partial charge on any atom is -0.491 e. The van der Waals surface area contributed by atoms with Gasteiger partial charge in [0.2, 0.25) is 0 Å². The summed E-state index contributed by atoms with van der Waals surface area (Å²) in [5.41, 5.74) is 3.55. The van der Waals surface area contributed by atoms with Crippen molar-refractivity contribution in [3.8, 4) is 5.75 Å². The number of ether oxygens (including phenoxy) is 2. The Morgan fingerprint density at radius 3 is 2.69 bits per heavy atom. The lowest BCUT2D eigenvalue weighted by Crippen LogP contribution is -2.47. The fraction of sp³-hybridized carbons (Fsp3) is 0.591. The molecule has 0 amide bonds. The van der Waals surface area contributed by atoms with Crippen molar-refractivity contribution in [3.05, 3.63) is 47.3 Å². The van der Waals surface area contributed by atoms with E-state index in [0.29, 0.717) is 19.2 Å². The molecule has 1 aromatic heterocycles. The maximum absolute atomic E-state index is 10.3. The number of morpholine rings is 1. The molecule has 2 aliphatic rings. The Hall–Kier alpha value is -1.93. The number of hydrogen-bond donors (Lipinski definition) is 1. The number of β-amino-alcohol motifs (C(OH)–C–C–N with tert-alkyl or cyclic N) is 1. The molecule has 2 fully saturated rings. The number of likely N-dealkylation sites (tertiary alicyclic amines) is 1. The second kappa shape index (κ2) is 9.26. The van der Waals surface area contributed by atoms with E-state index in [1.54, 1.807) is 0 Å². The number of benzene rings is 1. The van der Waals surface area contributed by atoms with Crippen molar-refractivity contribution in [1.29, 1.82) is 0 Å². The van der Waals surface area contributed by atoms with Gasteiger partial charge in [-0.05, 0) is 37.6 Å². The van der Waals surface area contributed by atoms with Crippen LogP contribution in [0, 0.1) is 13.8 Å². The predicted molar refractivity (Wildman–Crippen MR) is 111 cm³/mol. The first-order valence-corrected chi connectivity index (χ1v) is 10.5. The molecule has 0 saturated carbocycles. The van der Waals surface area contributed by atoms with Crippen molar-refractivity contribution in [3.63, 3.8) is 0 Å². The third-order valence-electron chi connectivity index (χ3n) is 5.65. The van der Waals surface area contributed by atoms with E-state index >= 15 is 0 Å². The Morgan fingerprint density at radius 1 is 1.17 bits per heavy atom. The number of nitrogens with zero attached hydrogens (tertiary/aromatic N) is 4. The molecular formula is C22H32N4O3. The number of aliphatic hydroxyl groups excluding tert-OH is 1. The van der Waals surface area contributed by atoms with E-state index in [4.69, 9.17) is 9.47 Å². The molecule has 29 heavy (non-hydrogen) atoms. The van der Waals surface area contributed by atoms with Crippen molar-refractivity contribution >= 4 is 0 Å². The van der Waals surface area contributed by atoms with Crippen molar-refractivity contribution in [2.75, 3.05) is 52.5 Å². The van der Waals surface area contributed by atoms with Crippen LogP contribution in [0.2, 0.25) is 0 Å². The molecule has 2 aliphatic heterocycles. The lowest BCUT2D eigenvalue weighted by atomic mass is 10.1. The zero-order chi connectivity index (χ0) is 20.2. The smallest absolute Gasteiger partial charge is 0.119 e. The van der Waals surface area contributed by atoms with Crippen LogP contribution >= 0.6 is 0 Å². The Labute approximate surface area is 172 Å². The molecule has 1 atom stereocenters. The molecule has 0 radical (unpaired) electrons. The Morgan fingerprint density at radius 2 is 1.97 bits per heavy atom. The third-order valence-corrected chi connectivity index (χ3v) is 5.65. The van der Waals surface area contributed by atoms with Crippen LogP contribution in [0.25, 0.3) is 0 Å². The van der Waals surface area contributed by atoms with Gasteiger partial charge in [0.25, 0.3) is 0 Å². The summed E-state index contributed by atoms with van der Waals surface area (Å²) in [5, 5.41) is 14.9. The normalized spacial score (nSPS) is 19.8. The van der Waals surface area contributed by atoms with E-state index in [1.165, 1.54) is 11.3 Å². The fourth-order valence-electron chi connectivity index (χ4n) is 4.16. The summed E-state index contributed by atoms with van der Waals surface area (Å²) in [6, 6.07) is 10.8. The van der Waals surface area contributed by atoms with Gasteiger partial charge in [0.05, 0.1) is 24.9 Å². The molecule has 3 heterocycles. The third kappa shape index (κ3) is 5.36. The van der Waals surface area contributed by atoms with Gasteiger partial charge in [-0.25, -0.2) is 0 Å². The van der Waals surface area contributed by atoms with E-state index in [1.807, 2.05) is 19.1 Å². The molecule has 1 N–H and O–H groups in total. The lowest BCUT2D eigenvalue weighted by Gasteiger charge is -2.39. The molecule has 4 rings (SSSR count). The molecule has 2 aromatic rings. The fourth-order valence-corrected chi connectivity index (χ4v) is 4.16. The second-order valence-electron chi connectivity index (χ2n) is 8.24. The standard InChI is InChI=1S/C22H32N4O3/c1-17-10-18(2)26(23-17)20-13-25(14-20)12-19-4-3-5-22(11-19)29-16-21(27)15-24-6-8-28-9-7-24/h3-5,10-11,20-21,27H,6-9,12-16H2,1-2H3/t21-/m1/s1. The molecular weight excluding hydrogens is 368 g/mol. The quantitative estimate of drug-likeness (QED) is 0.727. The topological polar surface area (TPSA) is 63.0 Å². The van der Waals surface area contributed by atoms with Gasteiger partial charge in [0.1, 0.15) is 18.5 Å². The number of aliphatic hydroxyl groups is 1. The van der Waals surface area contributed by atoms with Gasteiger partial charge in [-0.15, -0.1) is 0 Å². The van der Waals surface area contributed by atoms with Crippen LogP contribution in [-0.4, -0.2) is 83.3 Å². The van der Waals surface area contributed by atoms with Crippen LogP contribution in [0.15, 0.2) is 30.3 Å². The van der Waals surface area contributed by atoms with Crippen LogP contribution < -0.4 is 4.74 Å². The monoisotopic (exact) mass is 400 g/mol. The summed E-state index contributed by atoms with van der Waals surface area (Å²) in [4.78, 5) is 4.64. The number of rotatable bonds is 8. The maximum Gasteiger partial charge on any atom is 0.119 e. The van der Waals surface area contributed by atoms with Crippen LogP contribution in [0.4, 0.5) is 0 Å². The molecule has 0 unspecified atom stereocenters. The highest BCUT2D eigenvalue weighted by Gasteiger charge is 2.29. The summed E-state index contributed by atoms with van der Waals surface area (Å²) in [6.07, 6.45) is -0.492. The van der Waals surface area contributed by atoms with Gasteiger partial charge in [-0.1, -0.05) is 12.1 Å². The zero-order valence-electron chi connectivity index (χ0n) is 17.5. The molecule has 1 aromatic carbocycles. The first-order chi connectivity index (χ1) is 14.1. The Bertz CT molecular complexity index is 797. The van der Waals surface area contributed by atoms with Gasteiger partial charge in [-0.3, -0.25) is 14.5 Å². The van der Waals surface area contributed by atoms with Crippen LogP contribution in [0.5, 0.6) is 5.75 Å². The molecule has 2 saturated heterocycles. The minimum atomic E-state index is -0.492. The van der Waals surface area contributed by atoms with E-state index < -0.39 is 6.10 Å². The minimum absolute atomic E-state index is 0.310. The molecule has 158 valence electrons. The molecule has 7 heteroatoms. The largest absolute Gasteiger partial charge is 0.491 e. The van der Waals surface area contributed by atoms with Gasteiger partial charge in [0, 0.05) is 45.0 Å². The van der Waals surface area contributed by atoms with Crippen molar-refractivity contribution in [2.24, 2.45) is 0 Å². The molecule has 7 nitrogen and oxygen atoms in total. The number of aromatic nitrogens is 2. The summed E-state index contributed by atoms with van der Waals surface area (Å²) < 4.78 is 13.4. The predicted octanol–water partition coefficient (Wildman–Crippen LogP) is 1.63. The second-order valence-corrected chi connectivity index (χ2v) is 8.24. The summed E-state index contributed by atoms with van der Waals surface area (Å²) >= 11 is 0. The molecule has 0 aliphatic carbocycles. The SMILES string of the molecule is Cc1cc(C)n(C2CN(Cc3cccc(OC[C@H](O)CN4CCOCC4)c3)C2)n1. The lowest BCUT2D eigenvalue weighted by molar-refractivity contribution is 0.00463. The van der Waals surface area contributed by atoms with Crippen LogP contribution in [-0.2, 0) is 11.3 Å². The van der Waals surface area contributed by atoms with E-state index in [0.717, 1.165) is 57.4 Å². The van der Waals surface area contributed by atoms with Crippen LogP contribution in [0.1, 0.15) is 23.0 Å². The average Bonchev–Trinajstić information content (AvgIpc) is 3.01. The van der Waals surface area contributed by atoms with Gasteiger partial charge in [-0.2, -0.15) is 5.10 Å². The van der Waals surface area contributed by atoms with Gasteiger partial charge in [0.15, 0.2) is 0 Å². The highest BCUT2D eigenvalue weighted by atomic mass is 16.5. The van der Waals surface area contributed by atoms with E-state index in [2.05, 4.69) is 44.7 Å². The summed E-state index contributed by atoms with van der Waals surface area (Å²) in [6.45, 7) is 11.3. The highest BCUT2D eigenvalue weighted by molar-refractivity contribution is 5.28. The highest BCUT2D eigenvalue weighted by Crippen LogP contribution is 2.25. The van der Waals surface area contributed by atoms with E-state index in [9.17, 15) is 5.11 Å². The first kappa shape index (κ1) is 20.3. The van der Waals surface area contributed by atoms with Crippen molar-refractivity contribution in [1.82, 2.24) is 19.6 Å². The van der Waals surface area contributed by atoms with Crippen LogP contribution in [0.3, 0.4) is 0 Å². The van der Waals surface area contributed by atoms with Gasteiger partial charge >= 0.3 is 0 Å². The summed E-state index contributed by atoms with van der Waals surface area (Å²) in [5.74, 6) is 0.819. The zero-order valence-corrected chi connectivity index (χ0v) is 17.5. The summed E-state index contributed by atoms with van der Waals surface area (Å²) in [7, 11) is 0. The Balaban J connectivity index is 1.22. The average molecular weight is 401 g/mol. The Kier molecular flexibility index (Phi) is 6.50. The van der Waals surface area contributed by atoms with E-state index in [-0.39, 0.29) is 0 Å². The van der Waals surface area contributed by atoms with Crippen molar-refractivity contribution in [2.45, 2.75) is 32.5 Å². The molecule has 0 spiro atoms. The molecule has 0 bridgehead atoms. The number of hydrogen-bond acceptors (Lipinski definition) is 6.